The third-order valence-electron chi connectivity index (χ3n) is 3.38. The molecule has 0 radical (unpaired) electrons. The molecule has 0 fully saturated rings. The summed E-state index contributed by atoms with van der Waals surface area (Å²) in [5.74, 6) is 0. The molecule has 1 aromatic heterocycles. The standard InChI is InChI=1S/C14H24N2O/c1-11-10-16-9-7-12(11)13(15-4)6-8-14(2,3)17-5/h7,9-10,13,15H,6,8H2,1-5H3. The average Bonchev–Trinajstić information content (AvgIpc) is 2.32. The maximum Gasteiger partial charge on any atom is 0.0623 e. The van der Waals surface area contributed by atoms with E-state index in [9.17, 15) is 0 Å². The molecule has 0 amide bonds. The second-order valence-electron chi connectivity index (χ2n) is 5.08. The molecule has 0 spiro atoms. The topological polar surface area (TPSA) is 34.1 Å². The van der Waals surface area contributed by atoms with Crippen molar-refractivity contribution in [3.05, 3.63) is 29.6 Å². The van der Waals surface area contributed by atoms with Crippen molar-refractivity contribution in [2.45, 2.75) is 45.3 Å². The fraction of sp³-hybridized carbons (Fsp3) is 0.643. The Balaban J connectivity index is 2.70. The Morgan fingerprint density at radius 1 is 1.47 bits per heavy atom. The quantitative estimate of drug-likeness (QED) is 0.824. The van der Waals surface area contributed by atoms with Crippen LogP contribution in [0.15, 0.2) is 18.5 Å². The Bertz CT molecular complexity index is 350. The zero-order chi connectivity index (χ0) is 12.9. The molecule has 1 aromatic rings. The maximum absolute atomic E-state index is 5.46. The van der Waals surface area contributed by atoms with Crippen molar-refractivity contribution < 1.29 is 4.74 Å². The molecule has 1 atom stereocenters. The number of nitrogens with zero attached hydrogens (tertiary/aromatic N) is 1. The summed E-state index contributed by atoms with van der Waals surface area (Å²) in [7, 11) is 3.77. The van der Waals surface area contributed by atoms with Gasteiger partial charge in [-0.1, -0.05) is 0 Å². The third kappa shape index (κ3) is 4.10. The molecule has 0 aliphatic carbocycles. The van der Waals surface area contributed by atoms with E-state index in [2.05, 4.69) is 37.1 Å². The molecule has 0 aliphatic heterocycles. The Morgan fingerprint density at radius 3 is 2.71 bits per heavy atom. The molecule has 96 valence electrons. The van der Waals surface area contributed by atoms with E-state index in [1.54, 1.807) is 7.11 Å². The summed E-state index contributed by atoms with van der Waals surface area (Å²) in [6.45, 7) is 6.35. The van der Waals surface area contributed by atoms with Crippen LogP contribution in [-0.4, -0.2) is 24.7 Å². The molecule has 0 saturated carbocycles. The summed E-state index contributed by atoms with van der Waals surface area (Å²) < 4.78 is 5.46. The molecule has 3 heteroatoms. The van der Waals surface area contributed by atoms with Crippen LogP contribution < -0.4 is 5.32 Å². The van der Waals surface area contributed by atoms with Gasteiger partial charge in [-0.15, -0.1) is 0 Å². The monoisotopic (exact) mass is 236 g/mol. The van der Waals surface area contributed by atoms with Gasteiger partial charge in [0.05, 0.1) is 5.60 Å². The van der Waals surface area contributed by atoms with Crippen molar-refractivity contribution >= 4 is 0 Å². The molecule has 1 rings (SSSR count). The largest absolute Gasteiger partial charge is 0.379 e. The van der Waals surface area contributed by atoms with E-state index in [1.165, 1.54) is 11.1 Å². The van der Waals surface area contributed by atoms with Crippen LogP contribution in [0.1, 0.15) is 43.9 Å². The van der Waals surface area contributed by atoms with E-state index >= 15 is 0 Å². The van der Waals surface area contributed by atoms with E-state index in [4.69, 9.17) is 4.74 Å². The Kier molecular flexibility index (Phi) is 5.09. The van der Waals surface area contributed by atoms with E-state index in [0.29, 0.717) is 6.04 Å². The molecule has 3 nitrogen and oxygen atoms in total. The predicted octanol–water partition coefficient (Wildman–Crippen LogP) is 2.86. The highest BCUT2D eigenvalue weighted by Gasteiger charge is 2.20. The molecule has 17 heavy (non-hydrogen) atoms. The van der Waals surface area contributed by atoms with Crippen molar-refractivity contribution in [3.63, 3.8) is 0 Å². The van der Waals surface area contributed by atoms with E-state index in [1.807, 2.05) is 19.4 Å². The molecule has 1 N–H and O–H groups in total. The Hall–Kier alpha value is -0.930. The summed E-state index contributed by atoms with van der Waals surface area (Å²) in [5, 5.41) is 3.37. The van der Waals surface area contributed by atoms with Crippen LogP contribution in [0.25, 0.3) is 0 Å². The Labute approximate surface area is 105 Å². The van der Waals surface area contributed by atoms with Crippen molar-refractivity contribution in [1.82, 2.24) is 10.3 Å². The number of hydrogen-bond donors (Lipinski definition) is 1. The van der Waals surface area contributed by atoms with Gasteiger partial charge in [0.1, 0.15) is 0 Å². The van der Waals surface area contributed by atoms with Gasteiger partial charge in [-0.3, -0.25) is 4.98 Å². The van der Waals surface area contributed by atoms with Crippen LogP contribution in [0.4, 0.5) is 0 Å². The summed E-state index contributed by atoms with van der Waals surface area (Å²) >= 11 is 0. The van der Waals surface area contributed by atoms with Gasteiger partial charge >= 0.3 is 0 Å². The number of ether oxygens (including phenoxy) is 1. The predicted molar refractivity (Wildman–Crippen MR) is 71.1 cm³/mol. The van der Waals surface area contributed by atoms with E-state index in [0.717, 1.165) is 12.8 Å². The van der Waals surface area contributed by atoms with Gasteiger partial charge in [0.25, 0.3) is 0 Å². The van der Waals surface area contributed by atoms with Gasteiger partial charge in [0, 0.05) is 25.5 Å². The smallest absolute Gasteiger partial charge is 0.0623 e. The normalized spacial score (nSPS) is 13.7. The first-order valence-electron chi connectivity index (χ1n) is 6.13. The lowest BCUT2D eigenvalue weighted by Gasteiger charge is -2.26. The average molecular weight is 236 g/mol. The summed E-state index contributed by atoms with van der Waals surface area (Å²) in [4.78, 5) is 4.13. The molecule has 0 saturated heterocycles. The lowest BCUT2D eigenvalue weighted by atomic mass is 9.93. The maximum atomic E-state index is 5.46. The van der Waals surface area contributed by atoms with Crippen LogP contribution in [0.2, 0.25) is 0 Å². The summed E-state index contributed by atoms with van der Waals surface area (Å²) in [6.07, 6.45) is 5.86. The number of methoxy groups -OCH3 is 1. The second kappa shape index (κ2) is 6.12. The number of pyridine rings is 1. The SMILES string of the molecule is CNC(CCC(C)(C)OC)c1ccncc1C. The highest BCUT2D eigenvalue weighted by atomic mass is 16.5. The zero-order valence-corrected chi connectivity index (χ0v) is 11.6. The van der Waals surface area contributed by atoms with E-state index < -0.39 is 0 Å². The number of rotatable bonds is 6. The number of nitrogens with one attached hydrogen (secondary N) is 1. The van der Waals surface area contributed by atoms with Crippen LogP contribution in [-0.2, 0) is 4.74 Å². The minimum Gasteiger partial charge on any atom is -0.379 e. The van der Waals surface area contributed by atoms with Gasteiger partial charge in [-0.05, 0) is 57.9 Å². The summed E-state index contributed by atoms with van der Waals surface area (Å²) in [5.41, 5.74) is 2.51. The lowest BCUT2D eigenvalue weighted by molar-refractivity contribution is 0.0118. The van der Waals surface area contributed by atoms with Crippen LogP contribution in [0, 0.1) is 6.92 Å². The fourth-order valence-electron chi connectivity index (χ4n) is 1.92. The van der Waals surface area contributed by atoms with Crippen LogP contribution in [0.3, 0.4) is 0 Å². The van der Waals surface area contributed by atoms with Crippen LogP contribution in [0.5, 0.6) is 0 Å². The molecule has 1 heterocycles. The first-order chi connectivity index (χ1) is 8.00. The minimum absolute atomic E-state index is 0.0595. The number of aryl methyl sites for hydroxylation is 1. The first-order valence-corrected chi connectivity index (χ1v) is 6.13. The number of hydrogen-bond acceptors (Lipinski definition) is 3. The molecule has 0 aromatic carbocycles. The molecule has 1 unspecified atom stereocenters. The van der Waals surface area contributed by atoms with Crippen molar-refractivity contribution in [3.8, 4) is 0 Å². The lowest BCUT2D eigenvalue weighted by Crippen LogP contribution is -2.26. The highest BCUT2D eigenvalue weighted by Crippen LogP contribution is 2.25. The first kappa shape index (κ1) is 14.1. The van der Waals surface area contributed by atoms with Gasteiger partial charge in [0.2, 0.25) is 0 Å². The van der Waals surface area contributed by atoms with Gasteiger partial charge in [0.15, 0.2) is 0 Å². The summed E-state index contributed by atoms with van der Waals surface area (Å²) in [6, 6.07) is 2.46. The van der Waals surface area contributed by atoms with Crippen molar-refractivity contribution in [2.24, 2.45) is 0 Å². The van der Waals surface area contributed by atoms with Gasteiger partial charge in [-0.25, -0.2) is 0 Å². The number of aromatic nitrogens is 1. The molecular weight excluding hydrogens is 212 g/mol. The van der Waals surface area contributed by atoms with Crippen molar-refractivity contribution in [1.29, 1.82) is 0 Å². The second-order valence-corrected chi connectivity index (χ2v) is 5.08. The fourth-order valence-corrected chi connectivity index (χ4v) is 1.92. The van der Waals surface area contributed by atoms with Gasteiger partial charge in [-0.2, -0.15) is 0 Å². The van der Waals surface area contributed by atoms with Gasteiger partial charge < -0.3 is 10.1 Å². The third-order valence-corrected chi connectivity index (χ3v) is 3.38. The van der Waals surface area contributed by atoms with Crippen molar-refractivity contribution in [2.75, 3.05) is 14.2 Å². The van der Waals surface area contributed by atoms with E-state index in [-0.39, 0.29) is 5.60 Å². The molecule has 0 aliphatic rings. The highest BCUT2D eigenvalue weighted by molar-refractivity contribution is 5.25. The molecular formula is C14H24N2O. The minimum atomic E-state index is -0.0595. The zero-order valence-electron chi connectivity index (χ0n) is 11.6. The Morgan fingerprint density at radius 2 is 2.18 bits per heavy atom. The van der Waals surface area contributed by atoms with Crippen LogP contribution >= 0.6 is 0 Å². The molecule has 0 bridgehead atoms.